The third kappa shape index (κ3) is 4.21. The number of rotatable bonds is 7. The average molecular weight is 242 g/mol. The second-order valence-corrected chi connectivity index (χ2v) is 5.15. The molecule has 17 heavy (non-hydrogen) atoms. The number of morpholine rings is 1. The molecule has 0 radical (unpaired) electrons. The van der Waals surface area contributed by atoms with E-state index < -0.39 is 0 Å². The van der Waals surface area contributed by atoms with Crippen LogP contribution < -0.4 is 0 Å². The average Bonchev–Trinajstić information content (AvgIpc) is 2.31. The van der Waals surface area contributed by atoms with Crippen LogP contribution in [0, 0.1) is 0 Å². The largest absolute Gasteiger partial charge is 0.396 e. The first kappa shape index (κ1) is 13.3. The molecule has 2 rings (SSSR count). The summed E-state index contributed by atoms with van der Waals surface area (Å²) in [6.07, 6.45) is 5.01. The monoisotopic (exact) mass is 242 g/mol. The van der Waals surface area contributed by atoms with Gasteiger partial charge in [-0.15, -0.1) is 0 Å². The van der Waals surface area contributed by atoms with Crippen LogP contribution in [0.15, 0.2) is 0 Å². The van der Waals surface area contributed by atoms with E-state index in [0.29, 0.717) is 6.61 Å². The van der Waals surface area contributed by atoms with Crippen LogP contribution in [0.1, 0.15) is 25.7 Å². The Morgan fingerprint density at radius 3 is 2.53 bits per heavy atom. The summed E-state index contributed by atoms with van der Waals surface area (Å²) in [4.78, 5) is 5.07. The molecule has 1 heterocycles. The molecule has 0 atom stereocenters. The SMILES string of the molecule is OCCCN(CCN1CCOCC1)C1CCC1. The van der Waals surface area contributed by atoms with Crippen LogP contribution in [0.2, 0.25) is 0 Å². The molecule has 0 spiro atoms. The molecule has 0 aromatic rings. The van der Waals surface area contributed by atoms with Gasteiger partial charge in [0.1, 0.15) is 0 Å². The van der Waals surface area contributed by atoms with Crippen LogP contribution in [0.4, 0.5) is 0 Å². The number of hydrogen-bond donors (Lipinski definition) is 1. The minimum Gasteiger partial charge on any atom is -0.396 e. The quantitative estimate of drug-likeness (QED) is 0.707. The lowest BCUT2D eigenvalue weighted by Crippen LogP contribution is -2.46. The van der Waals surface area contributed by atoms with Crippen molar-refractivity contribution >= 4 is 0 Å². The predicted octanol–water partition coefficient (Wildman–Crippen LogP) is 0.556. The van der Waals surface area contributed by atoms with Crippen LogP contribution >= 0.6 is 0 Å². The van der Waals surface area contributed by atoms with Gasteiger partial charge in [-0.2, -0.15) is 0 Å². The summed E-state index contributed by atoms with van der Waals surface area (Å²) in [5.41, 5.74) is 0. The summed E-state index contributed by atoms with van der Waals surface area (Å²) in [6.45, 7) is 7.64. The highest BCUT2D eigenvalue weighted by atomic mass is 16.5. The van der Waals surface area contributed by atoms with Gasteiger partial charge in [-0.25, -0.2) is 0 Å². The molecule has 2 fully saturated rings. The van der Waals surface area contributed by atoms with Crippen molar-refractivity contribution in [3.8, 4) is 0 Å². The Morgan fingerprint density at radius 1 is 1.18 bits per heavy atom. The molecule has 4 heteroatoms. The van der Waals surface area contributed by atoms with E-state index in [1.807, 2.05) is 0 Å². The smallest absolute Gasteiger partial charge is 0.0594 e. The number of hydrogen-bond acceptors (Lipinski definition) is 4. The van der Waals surface area contributed by atoms with Crippen LogP contribution in [-0.4, -0.2) is 73.5 Å². The zero-order chi connectivity index (χ0) is 11.9. The predicted molar refractivity (Wildman–Crippen MR) is 68.2 cm³/mol. The lowest BCUT2D eigenvalue weighted by atomic mass is 9.91. The fourth-order valence-electron chi connectivity index (χ4n) is 2.60. The maximum absolute atomic E-state index is 8.95. The van der Waals surface area contributed by atoms with Gasteiger partial charge >= 0.3 is 0 Å². The lowest BCUT2D eigenvalue weighted by molar-refractivity contribution is 0.0262. The summed E-state index contributed by atoms with van der Waals surface area (Å²) in [5, 5.41) is 8.95. The normalized spacial score (nSPS) is 22.9. The van der Waals surface area contributed by atoms with Gasteiger partial charge in [0.05, 0.1) is 13.2 Å². The second-order valence-electron chi connectivity index (χ2n) is 5.15. The minimum absolute atomic E-state index is 0.320. The Hall–Kier alpha value is -0.160. The van der Waals surface area contributed by atoms with Crippen LogP contribution in [-0.2, 0) is 4.74 Å². The van der Waals surface area contributed by atoms with Crippen molar-refractivity contribution in [3.63, 3.8) is 0 Å². The molecule has 1 saturated carbocycles. The van der Waals surface area contributed by atoms with Crippen LogP contribution in [0.25, 0.3) is 0 Å². The minimum atomic E-state index is 0.320. The van der Waals surface area contributed by atoms with Crippen molar-refractivity contribution in [2.45, 2.75) is 31.7 Å². The Balaban J connectivity index is 1.67. The lowest BCUT2D eigenvalue weighted by Gasteiger charge is -2.39. The fraction of sp³-hybridized carbons (Fsp3) is 1.00. The molecule has 100 valence electrons. The summed E-state index contributed by atoms with van der Waals surface area (Å²) in [7, 11) is 0. The Kier molecular flexibility index (Phi) is 5.71. The van der Waals surface area contributed by atoms with Gasteiger partial charge in [0.15, 0.2) is 0 Å². The molecular weight excluding hydrogens is 216 g/mol. The van der Waals surface area contributed by atoms with Gasteiger partial charge in [0.25, 0.3) is 0 Å². The number of aliphatic hydroxyl groups is 1. The fourth-order valence-corrected chi connectivity index (χ4v) is 2.60. The standard InChI is InChI=1S/C13H26N2O2/c16-10-2-5-15(13-3-1-4-13)7-6-14-8-11-17-12-9-14/h13,16H,1-12H2. The highest BCUT2D eigenvalue weighted by Gasteiger charge is 2.24. The summed E-state index contributed by atoms with van der Waals surface area (Å²) >= 11 is 0. The van der Waals surface area contributed by atoms with Gasteiger partial charge in [0, 0.05) is 45.4 Å². The molecular formula is C13H26N2O2. The molecule has 0 aromatic heterocycles. The van der Waals surface area contributed by atoms with Crippen LogP contribution in [0.5, 0.6) is 0 Å². The highest BCUT2D eigenvalue weighted by Crippen LogP contribution is 2.24. The van der Waals surface area contributed by atoms with Crippen molar-refractivity contribution in [1.29, 1.82) is 0 Å². The van der Waals surface area contributed by atoms with Crippen molar-refractivity contribution in [2.24, 2.45) is 0 Å². The Morgan fingerprint density at radius 2 is 1.94 bits per heavy atom. The van der Waals surface area contributed by atoms with Gasteiger partial charge in [-0.05, 0) is 19.3 Å². The highest BCUT2D eigenvalue weighted by molar-refractivity contribution is 4.80. The van der Waals surface area contributed by atoms with Crippen molar-refractivity contribution in [2.75, 3.05) is 52.5 Å². The Bertz CT molecular complexity index is 204. The van der Waals surface area contributed by atoms with E-state index in [0.717, 1.165) is 58.4 Å². The van der Waals surface area contributed by atoms with Gasteiger partial charge in [0.2, 0.25) is 0 Å². The second kappa shape index (κ2) is 7.31. The van der Waals surface area contributed by atoms with Crippen molar-refractivity contribution in [3.05, 3.63) is 0 Å². The first-order chi connectivity index (χ1) is 8.40. The molecule has 1 saturated heterocycles. The van der Waals surface area contributed by atoms with E-state index in [4.69, 9.17) is 9.84 Å². The van der Waals surface area contributed by atoms with Gasteiger partial charge < -0.3 is 9.84 Å². The third-order valence-corrected chi connectivity index (χ3v) is 4.00. The number of ether oxygens (including phenoxy) is 1. The number of aliphatic hydroxyl groups excluding tert-OH is 1. The first-order valence-corrected chi connectivity index (χ1v) is 7.05. The molecule has 1 N–H and O–H groups in total. The molecule has 0 unspecified atom stereocenters. The summed E-state index contributed by atoms with van der Waals surface area (Å²) in [6, 6.07) is 0.794. The molecule has 0 aromatic carbocycles. The third-order valence-electron chi connectivity index (χ3n) is 4.00. The zero-order valence-electron chi connectivity index (χ0n) is 10.8. The van der Waals surface area contributed by atoms with Crippen LogP contribution in [0.3, 0.4) is 0 Å². The Labute approximate surface area is 105 Å². The maximum atomic E-state index is 8.95. The van der Waals surface area contributed by atoms with E-state index in [1.165, 1.54) is 19.3 Å². The van der Waals surface area contributed by atoms with E-state index in [-0.39, 0.29) is 0 Å². The number of nitrogens with zero attached hydrogens (tertiary/aromatic N) is 2. The topological polar surface area (TPSA) is 35.9 Å². The molecule has 0 amide bonds. The summed E-state index contributed by atoms with van der Waals surface area (Å²) < 4.78 is 5.36. The van der Waals surface area contributed by atoms with Crippen molar-refractivity contribution in [1.82, 2.24) is 9.80 Å². The van der Waals surface area contributed by atoms with Crippen molar-refractivity contribution < 1.29 is 9.84 Å². The molecule has 4 nitrogen and oxygen atoms in total. The maximum Gasteiger partial charge on any atom is 0.0594 e. The van der Waals surface area contributed by atoms with E-state index in [1.54, 1.807) is 0 Å². The van der Waals surface area contributed by atoms with Gasteiger partial charge in [-0.3, -0.25) is 9.80 Å². The molecule has 2 aliphatic rings. The molecule has 1 aliphatic carbocycles. The summed E-state index contributed by atoms with van der Waals surface area (Å²) in [5.74, 6) is 0. The van der Waals surface area contributed by atoms with E-state index in [9.17, 15) is 0 Å². The first-order valence-electron chi connectivity index (χ1n) is 7.05. The molecule has 1 aliphatic heterocycles. The van der Waals surface area contributed by atoms with E-state index in [2.05, 4.69) is 9.80 Å². The van der Waals surface area contributed by atoms with Gasteiger partial charge in [-0.1, -0.05) is 6.42 Å². The molecule has 0 bridgehead atoms. The van der Waals surface area contributed by atoms with E-state index >= 15 is 0 Å². The zero-order valence-corrected chi connectivity index (χ0v) is 10.8.